The number of ether oxygens (including phenoxy) is 2. The van der Waals surface area contributed by atoms with E-state index in [-0.39, 0.29) is 19.4 Å². The number of allylic oxidation sites excluding steroid dienone is 10. The van der Waals surface area contributed by atoms with Gasteiger partial charge >= 0.3 is 19.8 Å². The Morgan fingerprint density at radius 3 is 1.72 bits per heavy atom. The maximum Gasteiger partial charge on any atom is 0.472 e. The third-order valence-corrected chi connectivity index (χ3v) is 10.6. The zero-order valence-corrected chi connectivity index (χ0v) is 39.0. The first-order chi connectivity index (χ1) is 29.5. The second-order valence-electron chi connectivity index (χ2n) is 16.1. The van der Waals surface area contributed by atoms with Crippen LogP contribution in [0.25, 0.3) is 0 Å². The quantitative estimate of drug-likeness (QED) is 0.0151. The maximum atomic E-state index is 12.6. The number of phosphoric ester groups is 1. The summed E-state index contributed by atoms with van der Waals surface area (Å²) >= 11 is 0. The molecule has 4 atom stereocenters. The lowest BCUT2D eigenvalue weighted by atomic mass is 10.0. The molecule has 0 bridgehead atoms. The van der Waals surface area contributed by atoms with Gasteiger partial charge in [-0.2, -0.15) is 0 Å². The predicted molar refractivity (Wildman–Crippen MR) is 248 cm³/mol. The van der Waals surface area contributed by atoms with E-state index in [9.17, 15) is 29.3 Å². The molecule has 61 heavy (non-hydrogen) atoms. The van der Waals surface area contributed by atoms with E-state index in [2.05, 4.69) is 43.5 Å². The SMILES string of the molecule is CC/C=C\C/C=C\CC(O)/C=C/C=C\C/C=C\C/C=C\CCC(=O)OC[C@H](COP(=O)(O)OC[C@@H](O)CO)OC(=O)CCCCCCCCCCCCCCCCCC(C)C. The average molecular weight is 881 g/mol. The molecule has 4 N–H and O–H groups in total. The first-order valence-corrected chi connectivity index (χ1v) is 24.9. The molecule has 0 radical (unpaired) electrons. The number of aliphatic hydroxyl groups excluding tert-OH is 3. The average Bonchev–Trinajstić information content (AvgIpc) is 3.23. The number of carbonyl (C=O) groups is 2. The molecule has 0 aromatic carbocycles. The van der Waals surface area contributed by atoms with Crippen molar-refractivity contribution in [2.75, 3.05) is 26.4 Å². The fourth-order valence-corrected chi connectivity index (χ4v) is 6.84. The van der Waals surface area contributed by atoms with Gasteiger partial charge in [0.15, 0.2) is 6.10 Å². The van der Waals surface area contributed by atoms with Crippen molar-refractivity contribution in [2.24, 2.45) is 5.92 Å². The Balaban J connectivity index is 4.41. The molecule has 0 aliphatic carbocycles. The molecule has 0 amide bonds. The molecule has 0 fully saturated rings. The Bertz CT molecular complexity index is 1270. The molecule has 2 unspecified atom stereocenters. The zero-order valence-electron chi connectivity index (χ0n) is 38.1. The van der Waals surface area contributed by atoms with Crippen molar-refractivity contribution < 1.29 is 52.9 Å². The van der Waals surface area contributed by atoms with Crippen molar-refractivity contribution in [1.82, 2.24) is 0 Å². The summed E-state index contributed by atoms with van der Waals surface area (Å²) in [4.78, 5) is 35.0. The molecule has 0 heterocycles. The molecular weight excluding hydrogens is 796 g/mol. The summed E-state index contributed by atoms with van der Waals surface area (Å²) in [6, 6.07) is 0. The van der Waals surface area contributed by atoms with Gasteiger partial charge in [-0.15, -0.1) is 0 Å². The Hall–Kier alpha value is -2.63. The zero-order chi connectivity index (χ0) is 45.1. The standard InChI is InChI=1S/C49H85O11P/c1-4-5-6-7-26-31-36-45(51)37-32-27-22-18-15-16-19-23-28-33-38-48(53)57-42-47(43-59-61(55,56)58-41-46(52)40-50)60-49(54)39-34-29-24-20-14-12-10-8-9-11-13-17-21-25-30-35-44(2)3/h5-6,15-16,22-23,26-28,31-32,37,44-47,50-52H,4,7-14,17-21,24-25,29-30,33-36,38-43H2,1-3H3,(H,55,56)/b6-5-,16-15-,27-22-,28-23-,31-26-,37-32+/t45?,46-,47+/m0/s1. The molecule has 0 aromatic rings. The summed E-state index contributed by atoms with van der Waals surface area (Å²) in [5.74, 6) is -0.233. The Labute approximate surface area is 370 Å². The molecular formula is C49H85O11P. The summed E-state index contributed by atoms with van der Waals surface area (Å²) in [7, 11) is -4.65. The van der Waals surface area contributed by atoms with Crippen LogP contribution in [0, 0.1) is 5.92 Å². The number of esters is 2. The Kier molecular flexibility index (Phi) is 40.8. The normalized spacial score (nSPS) is 15.0. The van der Waals surface area contributed by atoms with Crippen LogP contribution in [0.1, 0.15) is 175 Å². The van der Waals surface area contributed by atoms with Crippen LogP contribution >= 0.6 is 7.82 Å². The van der Waals surface area contributed by atoms with Crippen LogP contribution in [0.15, 0.2) is 72.9 Å². The molecule has 0 aliphatic rings. The number of hydrogen-bond acceptors (Lipinski definition) is 10. The van der Waals surface area contributed by atoms with Gasteiger partial charge in [-0.1, -0.05) is 190 Å². The van der Waals surface area contributed by atoms with E-state index >= 15 is 0 Å². The maximum absolute atomic E-state index is 12.6. The largest absolute Gasteiger partial charge is 0.472 e. The number of phosphoric acid groups is 1. The van der Waals surface area contributed by atoms with Crippen LogP contribution in [0.3, 0.4) is 0 Å². The number of hydrogen-bond donors (Lipinski definition) is 4. The van der Waals surface area contributed by atoms with Crippen LogP contribution in [0.5, 0.6) is 0 Å². The number of carbonyl (C=O) groups excluding carboxylic acids is 2. The van der Waals surface area contributed by atoms with Crippen LogP contribution in [0.4, 0.5) is 0 Å². The van der Waals surface area contributed by atoms with Gasteiger partial charge in [-0.3, -0.25) is 18.6 Å². The molecule has 12 heteroatoms. The minimum absolute atomic E-state index is 0.0911. The molecule has 0 rings (SSSR count). The van der Waals surface area contributed by atoms with E-state index in [1.165, 1.54) is 77.0 Å². The first kappa shape index (κ1) is 58.4. The summed E-state index contributed by atoms with van der Waals surface area (Å²) in [5.41, 5.74) is 0. The van der Waals surface area contributed by atoms with Crippen molar-refractivity contribution in [2.45, 2.75) is 193 Å². The fourth-order valence-electron chi connectivity index (χ4n) is 6.05. The van der Waals surface area contributed by atoms with Gasteiger partial charge in [-0.05, 0) is 50.9 Å². The highest BCUT2D eigenvalue weighted by molar-refractivity contribution is 7.47. The van der Waals surface area contributed by atoms with Crippen molar-refractivity contribution in [1.29, 1.82) is 0 Å². The van der Waals surface area contributed by atoms with E-state index in [0.29, 0.717) is 25.7 Å². The minimum atomic E-state index is -4.65. The highest BCUT2D eigenvalue weighted by Crippen LogP contribution is 2.43. The van der Waals surface area contributed by atoms with Crippen LogP contribution < -0.4 is 0 Å². The molecule has 352 valence electrons. The smallest absolute Gasteiger partial charge is 0.462 e. The number of rotatable bonds is 42. The van der Waals surface area contributed by atoms with Crippen LogP contribution in [-0.4, -0.2) is 76.9 Å². The fraction of sp³-hybridized carbons (Fsp3) is 0.714. The molecule has 11 nitrogen and oxygen atoms in total. The van der Waals surface area contributed by atoms with E-state index < -0.39 is 57.9 Å². The number of aliphatic hydroxyl groups is 3. The molecule has 0 aliphatic heterocycles. The molecule has 0 saturated heterocycles. The third-order valence-electron chi connectivity index (χ3n) is 9.65. The highest BCUT2D eigenvalue weighted by atomic mass is 31.2. The lowest BCUT2D eigenvalue weighted by Gasteiger charge is -2.20. The third kappa shape index (κ3) is 43.8. The van der Waals surface area contributed by atoms with Gasteiger partial charge in [0.25, 0.3) is 0 Å². The number of unbranched alkanes of at least 4 members (excludes halogenated alkanes) is 14. The monoisotopic (exact) mass is 881 g/mol. The van der Waals surface area contributed by atoms with Gasteiger partial charge in [0, 0.05) is 12.8 Å². The van der Waals surface area contributed by atoms with Crippen molar-refractivity contribution in [3.63, 3.8) is 0 Å². The van der Waals surface area contributed by atoms with E-state index in [0.717, 1.165) is 44.4 Å². The van der Waals surface area contributed by atoms with Crippen molar-refractivity contribution >= 4 is 19.8 Å². The Morgan fingerprint density at radius 2 is 1.13 bits per heavy atom. The minimum Gasteiger partial charge on any atom is -0.462 e. The van der Waals surface area contributed by atoms with Gasteiger partial charge in [-0.25, -0.2) is 4.57 Å². The second kappa shape index (κ2) is 42.7. The topological polar surface area (TPSA) is 169 Å². The summed E-state index contributed by atoms with van der Waals surface area (Å²) in [6.07, 6.45) is 44.8. The van der Waals surface area contributed by atoms with E-state index in [4.69, 9.17) is 19.1 Å². The second-order valence-corrected chi connectivity index (χ2v) is 17.5. The van der Waals surface area contributed by atoms with Gasteiger partial charge < -0.3 is 29.7 Å². The molecule has 0 aromatic heterocycles. The van der Waals surface area contributed by atoms with E-state index in [1.807, 2.05) is 48.6 Å². The summed E-state index contributed by atoms with van der Waals surface area (Å²) in [5, 5.41) is 28.4. The molecule has 0 saturated carbocycles. The lowest BCUT2D eigenvalue weighted by molar-refractivity contribution is -0.161. The summed E-state index contributed by atoms with van der Waals surface area (Å²) < 4.78 is 32.7. The van der Waals surface area contributed by atoms with Gasteiger partial charge in [0.05, 0.1) is 25.9 Å². The van der Waals surface area contributed by atoms with E-state index in [1.54, 1.807) is 6.08 Å². The van der Waals surface area contributed by atoms with Crippen molar-refractivity contribution in [3.05, 3.63) is 72.9 Å². The highest BCUT2D eigenvalue weighted by Gasteiger charge is 2.27. The first-order valence-electron chi connectivity index (χ1n) is 23.4. The predicted octanol–water partition coefficient (Wildman–Crippen LogP) is 11.7. The van der Waals surface area contributed by atoms with Gasteiger partial charge in [0.1, 0.15) is 12.7 Å². The summed E-state index contributed by atoms with van der Waals surface area (Å²) in [6.45, 7) is 4.44. The van der Waals surface area contributed by atoms with Crippen molar-refractivity contribution in [3.8, 4) is 0 Å². The molecule has 0 spiro atoms. The van der Waals surface area contributed by atoms with Crippen LogP contribution in [0.2, 0.25) is 0 Å². The van der Waals surface area contributed by atoms with Gasteiger partial charge in [0.2, 0.25) is 0 Å². The lowest BCUT2D eigenvalue weighted by Crippen LogP contribution is -2.29. The van der Waals surface area contributed by atoms with Crippen LogP contribution in [-0.2, 0) is 32.7 Å². The Morgan fingerprint density at radius 1 is 0.607 bits per heavy atom.